The van der Waals surface area contributed by atoms with Crippen LogP contribution in [0.5, 0.6) is 0 Å². The molecule has 3 unspecified atom stereocenters. The van der Waals surface area contributed by atoms with Gasteiger partial charge in [0, 0.05) is 25.7 Å². The fourth-order valence-corrected chi connectivity index (χ4v) is 13.7. The molecule has 17 nitrogen and oxygen atoms in total. The van der Waals surface area contributed by atoms with Crippen LogP contribution in [0.1, 0.15) is 408 Å². The first-order valence-corrected chi connectivity index (χ1v) is 44.8. The van der Waals surface area contributed by atoms with E-state index < -0.39 is 97.5 Å². The first kappa shape index (κ1) is 98.5. The number of esters is 4. The quantitative estimate of drug-likeness (QED) is 0.0169. The molecule has 0 aromatic heterocycles. The molecule has 0 aromatic rings. The van der Waals surface area contributed by atoms with Gasteiger partial charge in [-0.3, -0.25) is 37.3 Å². The Labute approximate surface area is 618 Å². The van der Waals surface area contributed by atoms with Crippen molar-refractivity contribution < 1.29 is 80.2 Å². The van der Waals surface area contributed by atoms with Crippen LogP contribution in [0.4, 0.5) is 0 Å². The Morgan fingerprint density at radius 3 is 0.891 bits per heavy atom. The van der Waals surface area contributed by atoms with E-state index in [0.29, 0.717) is 25.7 Å². The van der Waals surface area contributed by atoms with Gasteiger partial charge in [0.15, 0.2) is 12.2 Å². The SMILES string of the molecule is CCCCCC/C=C\C=C/CCCCCCCC(=O)OC[C@H](COP(=O)(O)OC[C@@H](O)COP(=O)(O)OC[C@@H](COC(=O)CCCCCCCCCCC(C)CC)OC(=O)CCCCCCCCCCCCCC(C)C)OC(=O)CCCCCCCCCCCCCCCCCCCCCC. The second-order valence-corrected chi connectivity index (χ2v) is 32.5. The van der Waals surface area contributed by atoms with Crippen molar-refractivity contribution in [3.8, 4) is 0 Å². The molecule has 0 amide bonds. The van der Waals surface area contributed by atoms with E-state index in [1.54, 1.807) is 0 Å². The Morgan fingerprint density at radius 2 is 0.584 bits per heavy atom. The zero-order chi connectivity index (χ0) is 74.2. The van der Waals surface area contributed by atoms with E-state index in [9.17, 15) is 43.2 Å². The van der Waals surface area contributed by atoms with Crippen LogP contribution in [0, 0.1) is 11.8 Å². The maximum atomic E-state index is 13.1. The standard InChI is InChI=1S/C82H156O17P2/c1-7-10-12-14-16-18-20-22-24-25-26-27-28-30-32-36-40-48-54-60-66-81(86)98-77(70-92-79(84)64-58-52-46-39-35-31-29-23-21-19-17-15-13-11-8-2)72-96-100(88,89)94-68-76(83)69-95-101(90,91)97-73-78(71-93-80(85)65-59-53-47-43-42-45-51-57-63-75(6)9-3)99-82(87)67-61-55-49-41-37-33-34-38-44-50-56-62-74(4)5/h19,21,23,29,74-78,83H,7-18,20,22,24-28,30-73H2,1-6H3,(H,88,89)(H,90,91)/b21-19-,29-23-/t75?,76-,77-,78-/m1/s1. The number of allylic oxidation sites excluding steroid dienone is 4. The molecule has 0 aromatic carbocycles. The van der Waals surface area contributed by atoms with Crippen LogP contribution in [0.15, 0.2) is 24.3 Å². The first-order valence-electron chi connectivity index (χ1n) is 41.8. The van der Waals surface area contributed by atoms with Crippen LogP contribution in [0.2, 0.25) is 0 Å². The highest BCUT2D eigenvalue weighted by molar-refractivity contribution is 7.47. The smallest absolute Gasteiger partial charge is 0.462 e. The summed E-state index contributed by atoms with van der Waals surface area (Å²) in [6.07, 6.45) is 66.0. The molecule has 3 N–H and O–H groups in total. The highest BCUT2D eigenvalue weighted by atomic mass is 31.2. The average Bonchev–Trinajstić information content (AvgIpc) is 0.989. The zero-order valence-electron chi connectivity index (χ0n) is 65.7. The summed E-state index contributed by atoms with van der Waals surface area (Å²) in [6.45, 7) is 9.57. The Morgan fingerprint density at radius 1 is 0.327 bits per heavy atom. The van der Waals surface area contributed by atoms with Gasteiger partial charge in [-0.25, -0.2) is 9.13 Å². The van der Waals surface area contributed by atoms with E-state index in [1.165, 1.54) is 205 Å². The number of unbranched alkanes of at least 4 members (excludes halogenated alkanes) is 45. The van der Waals surface area contributed by atoms with E-state index in [1.807, 2.05) is 0 Å². The van der Waals surface area contributed by atoms with Crippen LogP contribution in [-0.4, -0.2) is 96.7 Å². The fourth-order valence-electron chi connectivity index (χ4n) is 12.1. The predicted octanol–water partition coefficient (Wildman–Crippen LogP) is 24.2. The summed E-state index contributed by atoms with van der Waals surface area (Å²) in [4.78, 5) is 73.1. The number of aliphatic hydroxyl groups excluding tert-OH is 1. The van der Waals surface area contributed by atoms with Crippen molar-refractivity contribution >= 4 is 39.5 Å². The predicted molar refractivity (Wildman–Crippen MR) is 414 cm³/mol. The third-order valence-corrected chi connectivity index (χ3v) is 20.8. The summed E-state index contributed by atoms with van der Waals surface area (Å²) < 4.78 is 68.7. The van der Waals surface area contributed by atoms with Gasteiger partial charge in [0.2, 0.25) is 0 Å². The molecular formula is C82H156O17P2. The molecule has 0 bridgehead atoms. The van der Waals surface area contributed by atoms with Gasteiger partial charge in [0.1, 0.15) is 19.3 Å². The van der Waals surface area contributed by atoms with Crippen molar-refractivity contribution in [3.05, 3.63) is 24.3 Å². The molecule has 19 heteroatoms. The lowest BCUT2D eigenvalue weighted by molar-refractivity contribution is -0.161. The minimum Gasteiger partial charge on any atom is -0.462 e. The number of phosphoric acid groups is 2. The molecule has 0 aliphatic rings. The summed E-state index contributed by atoms with van der Waals surface area (Å²) in [5, 5.41) is 10.6. The molecule has 0 aliphatic heterocycles. The maximum Gasteiger partial charge on any atom is 0.472 e. The topological polar surface area (TPSA) is 237 Å². The molecule has 0 radical (unpaired) electrons. The van der Waals surface area contributed by atoms with E-state index in [-0.39, 0.29) is 25.7 Å². The van der Waals surface area contributed by atoms with Gasteiger partial charge < -0.3 is 33.8 Å². The monoisotopic (exact) mass is 1480 g/mol. The number of aliphatic hydroxyl groups is 1. The number of hydrogen-bond donors (Lipinski definition) is 3. The zero-order valence-corrected chi connectivity index (χ0v) is 67.5. The average molecular weight is 1480 g/mol. The molecule has 0 spiro atoms. The van der Waals surface area contributed by atoms with Gasteiger partial charge >= 0.3 is 39.5 Å². The summed E-state index contributed by atoms with van der Waals surface area (Å²) >= 11 is 0. The van der Waals surface area contributed by atoms with Crippen molar-refractivity contribution in [1.82, 2.24) is 0 Å². The largest absolute Gasteiger partial charge is 0.472 e. The highest BCUT2D eigenvalue weighted by Gasteiger charge is 2.30. The van der Waals surface area contributed by atoms with Crippen LogP contribution >= 0.6 is 15.6 Å². The number of carbonyl (C=O) groups excluding carboxylic acids is 4. The van der Waals surface area contributed by atoms with Gasteiger partial charge in [0.05, 0.1) is 26.4 Å². The Balaban J connectivity index is 5.28. The molecule has 596 valence electrons. The summed E-state index contributed by atoms with van der Waals surface area (Å²) in [7, 11) is -9.93. The van der Waals surface area contributed by atoms with Gasteiger partial charge in [-0.2, -0.15) is 0 Å². The lowest BCUT2D eigenvalue weighted by atomic mass is 9.99. The lowest BCUT2D eigenvalue weighted by Crippen LogP contribution is -2.30. The van der Waals surface area contributed by atoms with Crippen LogP contribution in [-0.2, 0) is 65.4 Å². The van der Waals surface area contributed by atoms with E-state index in [2.05, 4.69) is 65.8 Å². The van der Waals surface area contributed by atoms with E-state index in [4.69, 9.17) is 37.0 Å². The van der Waals surface area contributed by atoms with E-state index in [0.717, 1.165) is 121 Å². The third-order valence-electron chi connectivity index (χ3n) is 18.9. The third kappa shape index (κ3) is 74.2. The molecule has 0 aliphatic carbocycles. The molecule has 0 rings (SSSR count). The number of phosphoric ester groups is 2. The molecule has 6 atom stereocenters. The Bertz CT molecular complexity index is 2040. The van der Waals surface area contributed by atoms with E-state index >= 15 is 0 Å². The van der Waals surface area contributed by atoms with Crippen molar-refractivity contribution in [2.75, 3.05) is 39.6 Å². The van der Waals surface area contributed by atoms with Crippen molar-refractivity contribution in [2.45, 2.75) is 426 Å². The van der Waals surface area contributed by atoms with Crippen molar-refractivity contribution in [3.63, 3.8) is 0 Å². The van der Waals surface area contributed by atoms with Gasteiger partial charge in [-0.05, 0) is 63.2 Å². The number of hydrogen-bond acceptors (Lipinski definition) is 15. The molecule has 0 fully saturated rings. The fraction of sp³-hybridized carbons (Fsp3) is 0.902. The van der Waals surface area contributed by atoms with Crippen LogP contribution < -0.4 is 0 Å². The number of carbonyl (C=O) groups is 4. The summed E-state index contributed by atoms with van der Waals surface area (Å²) in [6, 6.07) is 0. The van der Waals surface area contributed by atoms with Crippen molar-refractivity contribution in [2.24, 2.45) is 11.8 Å². The molecular weight excluding hydrogens is 1320 g/mol. The first-order chi connectivity index (χ1) is 48.9. The number of rotatable bonds is 79. The normalized spacial score (nSPS) is 14.3. The number of ether oxygens (including phenoxy) is 4. The van der Waals surface area contributed by atoms with Gasteiger partial charge in [0.25, 0.3) is 0 Å². The highest BCUT2D eigenvalue weighted by Crippen LogP contribution is 2.45. The van der Waals surface area contributed by atoms with Crippen LogP contribution in [0.3, 0.4) is 0 Å². The molecule has 101 heavy (non-hydrogen) atoms. The minimum absolute atomic E-state index is 0.102. The van der Waals surface area contributed by atoms with Crippen LogP contribution in [0.25, 0.3) is 0 Å². The second-order valence-electron chi connectivity index (χ2n) is 29.5. The second kappa shape index (κ2) is 73.1. The molecule has 0 saturated heterocycles. The summed E-state index contributed by atoms with van der Waals surface area (Å²) in [5.41, 5.74) is 0. The van der Waals surface area contributed by atoms with Crippen molar-refractivity contribution in [1.29, 1.82) is 0 Å². The summed E-state index contributed by atoms with van der Waals surface area (Å²) in [5.74, 6) is -0.599. The molecule has 0 heterocycles. The Hall–Kier alpha value is -2.46. The maximum absolute atomic E-state index is 13.1. The van der Waals surface area contributed by atoms with Gasteiger partial charge in [-0.1, -0.05) is 355 Å². The van der Waals surface area contributed by atoms with Gasteiger partial charge in [-0.15, -0.1) is 0 Å². The Kier molecular flexibility index (Phi) is 71.3. The lowest BCUT2D eigenvalue weighted by Gasteiger charge is -2.21. The minimum atomic E-state index is -4.97. The molecule has 0 saturated carbocycles.